The highest BCUT2D eigenvalue weighted by Crippen LogP contribution is 2.54. The summed E-state index contributed by atoms with van der Waals surface area (Å²) in [6.07, 6.45) is 0.782. The van der Waals surface area contributed by atoms with E-state index in [0.717, 1.165) is 23.2 Å². The zero-order valence-corrected chi connectivity index (χ0v) is 15.8. The normalized spacial score (nSPS) is 33.0. The van der Waals surface area contributed by atoms with Crippen molar-refractivity contribution in [2.24, 2.45) is 11.8 Å². The third-order valence-electron chi connectivity index (χ3n) is 6.04. The van der Waals surface area contributed by atoms with E-state index in [9.17, 15) is 14.4 Å². The number of para-hydroxylation sites is 1. The van der Waals surface area contributed by atoms with Crippen molar-refractivity contribution < 1.29 is 14.4 Å². The summed E-state index contributed by atoms with van der Waals surface area (Å²) in [5, 5.41) is 6.33. The lowest BCUT2D eigenvalue weighted by molar-refractivity contribution is -0.147. The number of aryl methyl sites for hydroxylation is 1. The minimum atomic E-state index is -1.17. The first kappa shape index (κ1) is 17.2. The zero-order chi connectivity index (χ0) is 19.0. The highest BCUT2D eigenvalue weighted by molar-refractivity contribution is 6.15. The summed E-state index contributed by atoms with van der Waals surface area (Å²) >= 11 is 0. The number of amides is 3. The lowest BCUT2D eigenvalue weighted by atomic mass is 9.76. The van der Waals surface area contributed by atoms with E-state index in [1.165, 1.54) is 4.90 Å². The smallest absolute Gasteiger partial charge is 0.250 e. The van der Waals surface area contributed by atoms with Crippen LogP contribution in [-0.2, 0) is 26.3 Å². The first-order valence-corrected chi connectivity index (χ1v) is 9.24. The molecule has 138 valence electrons. The predicted molar refractivity (Wildman–Crippen MR) is 97.3 cm³/mol. The maximum absolute atomic E-state index is 13.3. The minimum Gasteiger partial charge on any atom is -0.324 e. The third kappa shape index (κ3) is 1.88. The Labute approximate surface area is 153 Å². The number of nitrogens with one attached hydrogen (secondary N) is 2. The summed E-state index contributed by atoms with van der Waals surface area (Å²) in [6, 6.07) is 5.54. The number of hydrogen-bond acceptors (Lipinski definition) is 4. The van der Waals surface area contributed by atoms with E-state index in [1.54, 1.807) is 0 Å². The molecule has 0 saturated carbocycles. The molecule has 6 nitrogen and oxygen atoms in total. The Balaban J connectivity index is 1.92. The topological polar surface area (TPSA) is 78.5 Å². The number of rotatable bonds is 1. The predicted octanol–water partition coefficient (Wildman–Crippen LogP) is 1.79. The van der Waals surface area contributed by atoms with Crippen molar-refractivity contribution in [3.8, 4) is 0 Å². The number of benzene rings is 1. The maximum Gasteiger partial charge on any atom is 0.250 e. The lowest BCUT2D eigenvalue weighted by Gasteiger charge is -2.34. The lowest BCUT2D eigenvalue weighted by Crippen LogP contribution is -2.55. The van der Waals surface area contributed by atoms with Gasteiger partial charge in [-0.1, -0.05) is 25.1 Å². The van der Waals surface area contributed by atoms with Gasteiger partial charge >= 0.3 is 0 Å². The number of imide groups is 1. The van der Waals surface area contributed by atoms with Gasteiger partial charge < -0.3 is 5.32 Å². The van der Waals surface area contributed by atoms with Crippen molar-refractivity contribution in [2.45, 2.75) is 58.2 Å². The van der Waals surface area contributed by atoms with E-state index in [0.29, 0.717) is 0 Å². The summed E-state index contributed by atoms with van der Waals surface area (Å²) in [4.78, 5) is 40.9. The van der Waals surface area contributed by atoms with Crippen LogP contribution >= 0.6 is 0 Å². The van der Waals surface area contributed by atoms with E-state index in [1.807, 2.05) is 52.8 Å². The Morgan fingerprint density at radius 1 is 1.15 bits per heavy atom. The van der Waals surface area contributed by atoms with Gasteiger partial charge in [0.2, 0.25) is 17.7 Å². The molecule has 3 aliphatic heterocycles. The van der Waals surface area contributed by atoms with Gasteiger partial charge in [-0.05, 0) is 39.7 Å². The van der Waals surface area contributed by atoms with Gasteiger partial charge in [-0.25, -0.2) is 0 Å². The summed E-state index contributed by atoms with van der Waals surface area (Å²) in [5.74, 6) is -1.91. The molecule has 1 aromatic rings. The standard InChI is InChI=1S/C20H25N3O3/c1-6-11-8-7-9-12-15(11)21-18(26)20(12)14-13(10(2)22-20)16(24)23(17(14)25)19(3,4)5/h7-10,13-14,22H,6H2,1-5H3,(H,21,26). The molecule has 0 aromatic heterocycles. The molecule has 3 heterocycles. The minimum absolute atomic E-state index is 0.183. The highest BCUT2D eigenvalue weighted by atomic mass is 16.2. The summed E-state index contributed by atoms with van der Waals surface area (Å²) in [7, 11) is 0. The van der Waals surface area contributed by atoms with Gasteiger partial charge in [0.15, 0.2) is 0 Å². The number of carbonyl (C=O) groups is 3. The number of fused-ring (bicyclic) bond motifs is 4. The largest absolute Gasteiger partial charge is 0.324 e. The Bertz CT molecular complexity index is 841. The molecule has 0 bridgehead atoms. The van der Waals surface area contributed by atoms with Crippen LogP contribution in [-0.4, -0.2) is 34.2 Å². The van der Waals surface area contributed by atoms with Gasteiger partial charge in [0.25, 0.3) is 0 Å². The van der Waals surface area contributed by atoms with Crippen molar-refractivity contribution in [3.63, 3.8) is 0 Å². The molecular weight excluding hydrogens is 330 g/mol. The molecule has 3 aliphatic rings. The monoisotopic (exact) mass is 355 g/mol. The molecule has 6 heteroatoms. The van der Waals surface area contributed by atoms with Crippen LogP contribution in [0.25, 0.3) is 0 Å². The van der Waals surface area contributed by atoms with Gasteiger partial charge in [0.1, 0.15) is 5.54 Å². The molecule has 4 unspecified atom stereocenters. The zero-order valence-electron chi connectivity index (χ0n) is 15.8. The molecule has 0 radical (unpaired) electrons. The number of likely N-dealkylation sites (tertiary alicyclic amines) is 1. The SMILES string of the molecule is CCc1cccc2c1NC(=O)C21NC(C)C2C(=O)N(C(C)(C)C)C(=O)C21. The van der Waals surface area contributed by atoms with Gasteiger partial charge in [-0.15, -0.1) is 0 Å². The van der Waals surface area contributed by atoms with Crippen LogP contribution in [0.4, 0.5) is 5.69 Å². The second-order valence-electron chi connectivity index (χ2n) is 8.57. The van der Waals surface area contributed by atoms with Crippen LogP contribution in [0.2, 0.25) is 0 Å². The molecule has 4 rings (SSSR count). The fraction of sp³-hybridized carbons (Fsp3) is 0.550. The second kappa shape index (κ2) is 5.16. The van der Waals surface area contributed by atoms with Crippen LogP contribution < -0.4 is 10.6 Å². The molecule has 1 aromatic carbocycles. The number of hydrogen-bond donors (Lipinski definition) is 2. The first-order valence-electron chi connectivity index (χ1n) is 9.24. The van der Waals surface area contributed by atoms with Crippen molar-refractivity contribution in [3.05, 3.63) is 29.3 Å². The van der Waals surface area contributed by atoms with Gasteiger partial charge in [-0.3, -0.25) is 24.6 Å². The van der Waals surface area contributed by atoms with E-state index in [2.05, 4.69) is 10.6 Å². The summed E-state index contributed by atoms with van der Waals surface area (Å²) in [5.41, 5.74) is 0.836. The molecule has 1 spiro atoms. The van der Waals surface area contributed by atoms with Gasteiger partial charge in [-0.2, -0.15) is 0 Å². The average molecular weight is 355 g/mol. The summed E-state index contributed by atoms with van der Waals surface area (Å²) < 4.78 is 0. The van der Waals surface area contributed by atoms with Crippen LogP contribution in [0.5, 0.6) is 0 Å². The summed E-state index contributed by atoms with van der Waals surface area (Å²) in [6.45, 7) is 9.48. The second-order valence-corrected chi connectivity index (χ2v) is 8.57. The Morgan fingerprint density at radius 3 is 2.46 bits per heavy atom. The Kier molecular flexibility index (Phi) is 3.42. The van der Waals surface area contributed by atoms with Crippen LogP contribution in [0.15, 0.2) is 18.2 Å². The van der Waals surface area contributed by atoms with E-state index in [4.69, 9.17) is 0 Å². The fourth-order valence-electron chi connectivity index (χ4n) is 5.01. The molecular formula is C20H25N3O3. The average Bonchev–Trinajstić information content (AvgIpc) is 3.11. The maximum atomic E-state index is 13.3. The van der Waals surface area contributed by atoms with E-state index >= 15 is 0 Å². The van der Waals surface area contributed by atoms with E-state index in [-0.39, 0.29) is 23.8 Å². The Hall–Kier alpha value is -2.21. The number of anilines is 1. The van der Waals surface area contributed by atoms with Gasteiger partial charge in [0.05, 0.1) is 11.8 Å². The molecule has 4 atom stereocenters. The van der Waals surface area contributed by atoms with Crippen molar-refractivity contribution in [1.29, 1.82) is 0 Å². The molecule has 26 heavy (non-hydrogen) atoms. The quantitative estimate of drug-likeness (QED) is 0.753. The van der Waals surface area contributed by atoms with Crippen molar-refractivity contribution >= 4 is 23.4 Å². The van der Waals surface area contributed by atoms with Crippen LogP contribution in [0.1, 0.15) is 45.7 Å². The molecule has 3 amide bonds. The van der Waals surface area contributed by atoms with Gasteiger partial charge in [0, 0.05) is 22.8 Å². The molecule has 2 fully saturated rings. The molecule has 2 N–H and O–H groups in total. The fourth-order valence-corrected chi connectivity index (χ4v) is 5.01. The van der Waals surface area contributed by atoms with Crippen molar-refractivity contribution in [2.75, 3.05) is 5.32 Å². The number of nitrogens with zero attached hydrogens (tertiary/aromatic N) is 1. The van der Waals surface area contributed by atoms with Crippen LogP contribution in [0, 0.1) is 11.8 Å². The van der Waals surface area contributed by atoms with Crippen molar-refractivity contribution in [1.82, 2.24) is 10.2 Å². The Morgan fingerprint density at radius 2 is 1.85 bits per heavy atom. The molecule has 2 saturated heterocycles. The van der Waals surface area contributed by atoms with Crippen LogP contribution in [0.3, 0.4) is 0 Å². The third-order valence-corrected chi connectivity index (χ3v) is 6.04. The first-order chi connectivity index (χ1) is 12.1. The number of carbonyl (C=O) groups excluding carboxylic acids is 3. The van der Waals surface area contributed by atoms with E-state index < -0.39 is 22.9 Å². The molecule has 0 aliphatic carbocycles. The highest BCUT2D eigenvalue weighted by Gasteiger charge is 2.70.